The summed E-state index contributed by atoms with van der Waals surface area (Å²) in [6.07, 6.45) is -0.506. The van der Waals surface area contributed by atoms with Gasteiger partial charge < -0.3 is 36.5 Å². The molecule has 0 saturated carbocycles. The number of hydrogen-bond acceptors (Lipinski definition) is 12. The van der Waals surface area contributed by atoms with Gasteiger partial charge in [0.15, 0.2) is 34.8 Å². The molecule has 1 aromatic heterocycles. The van der Waals surface area contributed by atoms with Crippen molar-refractivity contribution in [1.82, 2.24) is 15.3 Å². The number of amides is 1. The van der Waals surface area contributed by atoms with Gasteiger partial charge in [-0.1, -0.05) is 60.7 Å². The number of ketones is 1. The molecule has 0 aliphatic rings. The summed E-state index contributed by atoms with van der Waals surface area (Å²) in [5.41, 5.74) is 12.2. The summed E-state index contributed by atoms with van der Waals surface area (Å²) in [6, 6.07) is 16.2. The molecule has 1 amide bonds. The predicted octanol–water partition coefficient (Wildman–Crippen LogP) is 0.400. The van der Waals surface area contributed by atoms with Gasteiger partial charge in [0.05, 0.1) is 19.1 Å². The molecule has 2 atom stereocenters. The number of nitrogens with one attached hydrogen (secondary N) is 1. The fraction of sp³-hybridized carbons (Fsp3) is 0.259. The zero-order chi connectivity index (χ0) is 29.1. The normalized spacial score (nSPS) is 12.2. The van der Waals surface area contributed by atoms with Crippen LogP contribution in [0.1, 0.15) is 38.5 Å². The van der Waals surface area contributed by atoms with Crippen molar-refractivity contribution in [2.45, 2.75) is 25.7 Å². The number of carbonyl (C=O) groups excluding carboxylic acids is 4. The first-order chi connectivity index (χ1) is 19.2. The van der Waals surface area contributed by atoms with Crippen LogP contribution in [0.15, 0.2) is 60.7 Å². The summed E-state index contributed by atoms with van der Waals surface area (Å²) in [5.74, 6) is -5.62. The standard InChI is InChI=1S/C27H29N5O8/c28-23-21(20(35)11-18(12-33)26(37)39-14-16-7-3-1-4-8-16)31-24(29)22(32-23)25(36)30-19(13-34)27(38)40-15-17-9-5-2-6-10-17/h1-10,18-19,33-34H,11-15H2,(H2,28,32)(H2,29,31)(H,30,36). The average Bonchev–Trinajstić information content (AvgIpc) is 2.97. The molecule has 13 nitrogen and oxygen atoms in total. The van der Waals surface area contributed by atoms with Crippen molar-refractivity contribution < 1.29 is 38.9 Å². The van der Waals surface area contributed by atoms with Crippen molar-refractivity contribution >= 4 is 35.3 Å². The number of anilines is 2. The zero-order valence-electron chi connectivity index (χ0n) is 21.4. The first-order valence-electron chi connectivity index (χ1n) is 12.1. The quantitative estimate of drug-likeness (QED) is 0.144. The van der Waals surface area contributed by atoms with Gasteiger partial charge in [-0.3, -0.25) is 14.4 Å². The monoisotopic (exact) mass is 551 g/mol. The molecule has 3 rings (SSSR count). The number of aromatic nitrogens is 2. The summed E-state index contributed by atoms with van der Waals surface area (Å²) in [4.78, 5) is 57.9. The number of carbonyl (C=O) groups is 4. The Hall–Kier alpha value is -4.88. The van der Waals surface area contributed by atoms with Crippen LogP contribution in [0.3, 0.4) is 0 Å². The summed E-state index contributed by atoms with van der Waals surface area (Å²) in [6.45, 7) is -1.57. The van der Waals surface area contributed by atoms with E-state index >= 15 is 0 Å². The second kappa shape index (κ2) is 14.3. The van der Waals surface area contributed by atoms with E-state index in [0.717, 1.165) is 5.56 Å². The molecule has 40 heavy (non-hydrogen) atoms. The highest BCUT2D eigenvalue weighted by Crippen LogP contribution is 2.18. The summed E-state index contributed by atoms with van der Waals surface area (Å²) >= 11 is 0. The van der Waals surface area contributed by atoms with Crippen LogP contribution in [0.25, 0.3) is 0 Å². The van der Waals surface area contributed by atoms with Gasteiger partial charge in [-0.25, -0.2) is 14.8 Å². The van der Waals surface area contributed by atoms with Gasteiger partial charge in [-0.05, 0) is 11.1 Å². The highest BCUT2D eigenvalue weighted by molar-refractivity contribution is 6.03. The number of rotatable bonds is 13. The van der Waals surface area contributed by atoms with E-state index in [4.69, 9.17) is 20.9 Å². The molecule has 0 saturated heterocycles. The third-order valence-corrected chi connectivity index (χ3v) is 5.63. The Balaban J connectivity index is 1.62. The average molecular weight is 552 g/mol. The highest BCUT2D eigenvalue weighted by atomic mass is 16.5. The molecule has 210 valence electrons. The molecule has 1 heterocycles. The number of hydrogen-bond donors (Lipinski definition) is 5. The number of nitrogens with two attached hydrogens (primary N) is 2. The van der Waals surface area contributed by atoms with Gasteiger partial charge in [-0.2, -0.15) is 0 Å². The van der Waals surface area contributed by atoms with Crippen LogP contribution >= 0.6 is 0 Å². The van der Waals surface area contributed by atoms with Crippen LogP contribution in [0.2, 0.25) is 0 Å². The Morgan fingerprint density at radius 3 is 1.77 bits per heavy atom. The maximum atomic E-state index is 12.8. The van der Waals surface area contributed by atoms with Crippen LogP contribution < -0.4 is 16.8 Å². The molecule has 0 bridgehead atoms. The molecule has 7 N–H and O–H groups in total. The topological polar surface area (TPSA) is 217 Å². The second-order valence-corrected chi connectivity index (χ2v) is 8.59. The maximum absolute atomic E-state index is 12.8. The molecular weight excluding hydrogens is 522 g/mol. The van der Waals surface area contributed by atoms with E-state index in [2.05, 4.69) is 15.3 Å². The highest BCUT2D eigenvalue weighted by Gasteiger charge is 2.29. The number of esters is 2. The first-order valence-corrected chi connectivity index (χ1v) is 12.1. The molecule has 0 spiro atoms. The zero-order valence-corrected chi connectivity index (χ0v) is 21.4. The Labute approximate surface area is 229 Å². The van der Waals surface area contributed by atoms with Crippen molar-refractivity contribution in [3.8, 4) is 0 Å². The molecule has 2 aromatic carbocycles. The smallest absolute Gasteiger partial charge is 0.331 e. The van der Waals surface area contributed by atoms with Crippen LogP contribution in [-0.4, -0.2) is 63.1 Å². The molecule has 13 heteroatoms. The lowest BCUT2D eigenvalue weighted by atomic mass is 10.0. The van der Waals surface area contributed by atoms with E-state index in [-0.39, 0.29) is 13.2 Å². The molecule has 2 unspecified atom stereocenters. The molecule has 0 radical (unpaired) electrons. The number of aliphatic hydroxyl groups excluding tert-OH is 2. The molecule has 0 fully saturated rings. The van der Waals surface area contributed by atoms with Crippen molar-refractivity contribution in [1.29, 1.82) is 0 Å². The van der Waals surface area contributed by atoms with E-state index in [1.165, 1.54) is 0 Å². The minimum Gasteiger partial charge on any atom is -0.461 e. The van der Waals surface area contributed by atoms with Gasteiger partial charge >= 0.3 is 11.9 Å². The molecule has 0 aliphatic carbocycles. The lowest BCUT2D eigenvalue weighted by Crippen LogP contribution is -2.45. The Morgan fingerprint density at radius 1 is 0.750 bits per heavy atom. The largest absolute Gasteiger partial charge is 0.461 e. The number of benzene rings is 2. The summed E-state index contributed by atoms with van der Waals surface area (Å²) < 4.78 is 10.3. The van der Waals surface area contributed by atoms with Gasteiger partial charge in [0, 0.05) is 6.42 Å². The number of nitrogens with zero attached hydrogens (tertiary/aromatic N) is 2. The van der Waals surface area contributed by atoms with E-state index in [9.17, 15) is 29.4 Å². The second-order valence-electron chi connectivity index (χ2n) is 8.59. The lowest BCUT2D eigenvalue weighted by molar-refractivity contribution is -0.151. The maximum Gasteiger partial charge on any atom is 0.331 e. The number of aliphatic hydroxyl groups is 2. The van der Waals surface area contributed by atoms with Crippen molar-refractivity contribution in [2.75, 3.05) is 24.7 Å². The number of Topliss-reactive ketones (excluding diaryl/α,β-unsaturated/α-hetero) is 1. The van der Waals surface area contributed by atoms with Crippen LogP contribution in [0.4, 0.5) is 11.6 Å². The van der Waals surface area contributed by atoms with Crippen LogP contribution in [-0.2, 0) is 32.3 Å². The fourth-order valence-electron chi connectivity index (χ4n) is 3.46. The van der Waals surface area contributed by atoms with E-state index in [1.54, 1.807) is 60.7 Å². The van der Waals surface area contributed by atoms with Crippen LogP contribution in [0.5, 0.6) is 0 Å². The first kappa shape index (κ1) is 29.7. The fourth-order valence-corrected chi connectivity index (χ4v) is 3.46. The molecule has 0 aliphatic heterocycles. The van der Waals surface area contributed by atoms with Crippen molar-refractivity contribution in [3.63, 3.8) is 0 Å². The summed E-state index contributed by atoms with van der Waals surface area (Å²) in [5, 5.41) is 21.4. The third kappa shape index (κ3) is 8.06. The van der Waals surface area contributed by atoms with Gasteiger partial charge in [0.2, 0.25) is 0 Å². The number of ether oxygens (including phenoxy) is 2. The summed E-state index contributed by atoms with van der Waals surface area (Å²) in [7, 11) is 0. The Bertz CT molecular complexity index is 1230. The van der Waals surface area contributed by atoms with E-state index in [1.807, 2.05) is 0 Å². The van der Waals surface area contributed by atoms with Gasteiger partial charge in [0.25, 0.3) is 5.91 Å². The van der Waals surface area contributed by atoms with Gasteiger partial charge in [-0.15, -0.1) is 0 Å². The SMILES string of the molecule is Nc1nc(C(=O)NC(CO)C(=O)OCc2ccccc2)c(N)nc1C(=O)CC(CO)C(=O)OCc1ccccc1. The van der Waals surface area contributed by atoms with E-state index < -0.39 is 78.2 Å². The minimum atomic E-state index is -1.44. The minimum absolute atomic E-state index is 0.0440. The predicted molar refractivity (Wildman–Crippen MR) is 141 cm³/mol. The van der Waals surface area contributed by atoms with Crippen LogP contribution in [0, 0.1) is 5.92 Å². The van der Waals surface area contributed by atoms with Gasteiger partial charge in [0.1, 0.15) is 13.2 Å². The lowest BCUT2D eigenvalue weighted by Gasteiger charge is -2.16. The molecular formula is C27H29N5O8. The van der Waals surface area contributed by atoms with Crippen molar-refractivity contribution in [3.05, 3.63) is 83.2 Å². The third-order valence-electron chi connectivity index (χ3n) is 5.63. The van der Waals surface area contributed by atoms with Crippen molar-refractivity contribution in [2.24, 2.45) is 5.92 Å². The molecule has 3 aromatic rings. The Kier molecular flexibility index (Phi) is 10.6. The number of nitrogen functional groups attached to an aromatic ring is 2. The van der Waals surface area contributed by atoms with E-state index in [0.29, 0.717) is 5.56 Å². The Morgan fingerprint density at radius 2 is 1.25 bits per heavy atom.